The number of amidine groups is 1. The molecule has 3 rings (SSSR count). The maximum Gasteiger partial charge on any atom is 0.215 e. The summed E-state index contributed by atoms with van der Waals surface area (Å²) in [5.74, 6) is -0.111. The van der Waals surface area contributed by atoms with Gasteiger partial charge in [0.05, 0.1) is 6.04 Å². The fraction of sp³-hybridized carbons (Fsp3) is 0.455. The van der Waals surface area contributed by atoms with Crippen molar-refractivity contribution in [3.63, 3.8) is 0 Å². The van der Waals surface area contributed by atoms with Crippen LogP contribution in [0.25, 0.3) is 0 Å². The van der Waals surface area contributed by atoms with Gasteiger partial charge in [-0.15, -0.1) is 5.10 Å². The highest BCUT2D eigenvalue weighted by Crippen LogP contribution is 2.33. The molecule has 0 spiro atoms. The first-order chi connectivity index (χ1) is 9.75. The van der Waals surface area contributed by atoms with E-state index < -0.39 is 0 Å². The van der Waals surface area contributed by atoms with Crippen molar-refractivity contribution in [3.05, 3.63) is 18.1 Å². The van der Waals surface area contributed by atoms with Crippen LogP contribution in [-0.4, -0.2) is 36.0 Å². The van der Waals surface area contributed by atoms with Gasteiger partial charge in [0.1, 0.15) is 16.6 Å². The molecule has 0 radical (unpaired) electrons. The molecule has 0 unspecified atom stereocenters. The molecule has 1 aliphatic carbocycles. The Labute approximate surface area is 119 Å². The minimum atomic E-state index is -0.111. The van der Waals surface area contributed by atoms with E-state index in [4.69, 9.17) is 11.1 Å². The number of aromatic nitrogens is 6. The number of nitrogen functional groups attached to an aromatic ring is 1. The number of nitrogens with one attached hydrogen (secondary N) is 1. The van der Waals surface area contributed by atoms with Gasteiger partial charge in [0.15, 0.2) is 0 Å². The second kappa shape index (κ2) is 5.53. The maximum atomic E-state index is 7.53. The van der Waals surface area contributed by atoms with Crippen molar-refractivity contribution in [2.24, 2.45) is 5.73 Å². The van der Waals surface area contributed by atoms with E-state index in [0.717, 1.165) is 12.8 Å². The number of hydrogen-bond acceptors (Lipinski definition) is 7. The third-order valence-corrected chi connectivity index (χ3v) is 4.18. The van der Waals surface area contributed by atoms with Crippen LogP contribution < -0.4 is 5.73 Å². The minimum Gasteiger partial charge on any atom is -0.382 e. The number of rotatable bonds is 4. The van der Waals surface area contributed by atoms with Gasteiger partial charge in [0, 0.05) is 12.4 Å². The monoisotopic (exact) mass is 290 g/mol. The summed E-state index contributed by atoms with van der Waals surface area (Å²) in [4.78, 5) is 8.29. The van der Waals surface area contributed by atoms with Crippen molar-refractivity contribution in [1.29, 1.82) is 5.41 Å². The van der Waals surface area contributed by atoms with E-state index in [1.807, 2.05) is 4.68 Å². The molecule has 1 fully saturated rings. The summed E-state index contributed by atoms with van der Waals surface area (Å²) >= 11 is 1.30. The van der Waals surface area contributed by atoms with Crippen molar-refractivity contribution < 1.29 is 0 Å². The van der Waals surface area contributed by atoms with Crippen LogP contribution in [0, 0.1) is 5.41 Å². The number of nitrogens with two attached hydrogens (primary N) is 1. The van der Waals surface area contributed by atoms with Crippen LogP contribution in [0.4, 0.5) is 0 Å². The minimum absolute atomic E-state index is 0.111. The maximum absolute atomic E-state index is 7.53. The molecule has 20 heavy (non-hydrogen) atoms. The summed E-state index contributed by atoms with van der Waals surface area (Å²) in [6.45, 7) is 0. The van der Waals surface area contributed by atoms with Crippen molar-refractivity contribution in [2.75, 3.05) is 0 Å². The van der Waals surface area contributed by atoms with E-state index in [-0.39, 0.29) is 5.84 Å². The van der Waals surface area contributed by atoms with E-state index in [1.54, 1.807) is 6.20 Å². The Morgan fingerprint density at radius 1 is 1.30 bits per heavy atom. The normalized spacial score (nSPS) is 15.6. The highest BCUT2D eigenvalue weighted by Gasteiger charge is 2.23. The fourth-order valence-corrected chi connectivity index (χ4v) is 3.20. The summed E-state index contributed by atoms with van der Waals surface area (Å²) in [5.41, 5.74) is 5.87. The van der Waals surface area contributed by atoms with Gasteiger partial charge in [-0.05, 0) is 35.0 Å². The largest absolute Gasteiger partial charge is 0.382 e. The van der Waals surface area contributed by atoms with Crippen LogP contribution in [-0.2, 0) is 0 Å². The second-order valence-corrected chi connectivity index (χ2v) is 5.53. The van der Waals surface area contributed by atoms with Crippen molar-refractivity contribution in [3.8, 4) is 0 Å². The standard InChI is InChI=1S/C11H14N8S/c12-9(13)8-10(15-6-5-14-8)20-11-16-17-18-19(11)7-3-1-2-4-7/h5-7H,1-4H2,(H3,12,13). The first-order valence-electron chi connectivity index (χ1n) is 6.37. The lowest BCUT2D eigenvalue weighted by Crippen LogP contribution is -2.15. The van der Waals surface area contributed by atoms with Gasteiger partial charge in [-0.1, -0.05) is 12.8 Å². The predicted octanol–water partition coefficient (Wildman–Crippen LogP) is 1.01. The Balaban J connectivity index is 1.88. The van der Waals surface area contributed by atoms with E-state index >= 15 is 0 Å². The zero-order valence-electron chi connectivity index (χ0n) is 10.7. The molecule has 104 valence electrons. The molecule has 0 aliphatic heterocycles. The molecule has 0 saturated heterocycles. The first-order valence-corrected chi connectivity index (χ1v) is 7.18. The SMILES string of the molecule is N=C(N)c1nccnc1Sc1nnnn1C1CCCC1. The van der Waals surface area contributed by atoms with E-state index in [1.165, 1.54) is 30.8 Å². The first kappa shape index (κ1) is 13.0. The molecule has 0 bridgehead atoms. The quantitative estimate of drug-likeness (QED) is 0.637. The molecule has 2 aromatic heterocycles. The lowest BCUT2D eigenvalue weighted by Gasteiger charge is -2.11. The second-order valence-electron chi connectivity index (χ2n) is 4.57. The third kappa shape index (κ3) is 2.48. The summed E-state index contributed by atoms with van der Waals surface area (Å²) < 4.78 is 1.84. The summed E-state index contributed by atoms with van der Waals surface area (Å²) in [7, 11) is 0. The van der Waals surface area contributed by atoms with E-state index in [2.05, 4.69) is 25.5 Å². The van der Waals surface area contributed by atoms with Crippen LogP contribution >= 0.6 is 11.8 Å². The lowest BCUT2D eigenvalue weighted by molar-refractivity contribution is 0.423. The fourth-order valence-electron chi connectivity index (χ4n) is 2.30. The van der Waals surface area contributed by atoms with Crippen molar-refractivity contribution >= 4 is 17.6 Å². The molecule has 2 aromatic rings. The van der Waals surface area contributed by atoms with Gasteiger partial charge in [-0.2, -0.15) is 0 Å². The highest BCUT2D eigenvalue weighted by atomic mass is 32.2. The van der Waals surface area contributed by atoms with Crippen LogP contribution in [0.1, 0.15) is 37.4 Å². The summed E-state index contributed by atoms with van der Waals surface area (Å²) in [5, 5.41) is 20.6. The zero-order valence-corrected chi connectivity index (χ0v) is 11.5. The summed E-state index contributed by atoms with van der Waals surface area (Å²) in [6.07, 6.45) is 7.69. The van der Waals surface area contributed by atoms with Crippen molar-refractivity contribution in [1.82, 2.24) is 30.2 Å². The Morgan fingerprint density at radius 3 is 2.80 bits per heavy atom. The molecule has 0 amide bonds. The van der Waals surface area contributed by atoms with Crippen molar-refractivity contribution in [2.45, 2.75) is 41.9 Å². The van der Waals surface area contributed by atoms with Crippen LogP contribution in [0.3, 0.4) is 0 Å². The van der Waals surface area contributed by atoms with Gasteiger partial charge in [-0.25, -0.2) is 14.6 Å². The third-order valence-electron chi connectivity index (χ3n) is 3.24. The van der Waals surface area contributed by atoms with Gasteiger partial charge < -0.3 is 5.73 Å². The van der Waals surface area contributed by atoms with Gasteiger partial charge in [0.2, 0.25) is 5.16 Å². The van der Waals surface area contributed by atoms with E-state index in [9.17, 15) is 0 Å². The molecule has 1 saturated carbocycles. The number of hydrogen-bond donors (Lipinski definition) is 2. The molecule has 1 aliphatic rings. The molecule has 2 heterocycles. The van der Waals surface area contributed by atoms with Crippen LogP contribution in [0.5, 0.6) is 0 Å². The van der Waals surface area contributed by atoms with Gasteiger partial charge in [0.25, 0.3) is 0 Å². The average molecular weight is 290 g/mol. The van der Waals surface area contributed by atoms with E-state index in [0.29, 0.717) is 21.9 Å². The summed E-state index contributed by atoms with van der Waals surface area (Å²) in [6, 6.07) is 0.352. The van der Waals surface area contributed by atoms with Crippen LogP contribution in [0.2, 0.25) is 0 Å². The molecular formula is C11H14N8S. The molecule has 0 aromatic carbocycles. The molecule has 8 nitrogen and oxygen atoms in total. The van der Waals surface area contributed by atoms with Gasteiger partial charge in [-0.3, -0.25) is 5.41 Å². The zero-order chi connectivity index (χ0) is 13.9. The molecular weight excluding hydrogens is 276 g/mol. The average Bonchev–Trinajstić information content (AvgIpc) is 3.09. The lowest BCUT2D eigenvalue weighted by atomic mass is 10.3. The molecule has 0 atom stereocenters. The number of tetrazole rings is 1. The topological polar surface area (TPSA) is 119 Å². The number of nitrogens with zero attached hydrogens (tertiary/aromatic N) is 6. The Hall–Kier alpha value is -2.03. The van der Waals surface area contributed by atoms with Gasteiger partial charge >= 0.3 is 0 Å². The predicted molar refractivity (Wildman–Crippen MR) is 72.5 cm³/mol. The van der Waals surface area contributed by atoms with Crippen LogP contribution in [0.15, 0.2) is 22.6 Å². The molecule has 3 N–H and O–H groups in total. The Kier molecular flexibility index (Phi) is 3.59. The Morgan fingerprint density at radius 2 is 2.05 bits per heavy atom. The highest BCUT2D eigenvalue weighted by molar-refractivity contribution is 7.99. The molecule has 9 heteroatoms. The smallest absolute Gasteiger partial charge is 0.215 e. The Bertz CT molecular complexity index is 618.